The Bertz CT molecular complexity index is 558. The molecule has 0 radical (unpaired) electrons. The van der Waals surface area contributed by atoms with Gasteiger partial charge in [-0.2, -0.15) is 0 Å². The lowest BCUT2D eigenvalue weighted by Gasteiger charge is -2.31. The molecule has 4 nitrogen and oxygen atoms in total. The lowest BCUT2D eigenvalue weighted by Crippen LogP contribution is -2.52. The van der Waals surface area contributed by atoms with E-state index in [0.717, 1.165) is 6.07 Å². The van der Waals surface area contributed by atoms with Crippen molar-refractivity contribution in [3.05, 3.63) is 29.6 Å². The molecule has 1 aromatic carbocycles. The van der Waals surface area contributed by atoms with Crippen LogP contribution in [0.2, 0.25) is 0 Å². The first-order valence-corrected chi connectivity index (χ1v) is 8.09. The molecule has 0 spiro atoms. The number of nitrogens with two attached hydrogens (primary N) is 1. The van der Waals surface area contributed by atoms with Crippen LogP contribution in [0.1, 0.15) is 32.8 Å². The van der Waals surface area contributed by atoms with E-state index in [1.807, 2.05) is 13.8 Å². The second-order valence-corrected chi connectivity index (χ2v) is 7.47. The zero-order chi connectivity index (χ0) is 15.6. The Morgan fingerprint density at radius 1 is 1.38 bits per heavy atom. The largest absolute Gasteiger partial charge is 0.329 e. The second-order valence-electron chi connectivity index (χ2n) is 5.85. The van der Waals surface area contributed by atoms with Crippen LogP contribution in [0.25, 0.3) is 0 Å². The molecule has 122 valence electrons. The summed E-state index contributed by atoms with van der Waals surface area (Å²) in [6.07, 6.45) is 0.580. The molecule has 0 bridgehead atoms. The standard InChI is InChI=1S/C14H23FN2O2S.ClH/c1-10(2)8-14(4,9-16)17-20(18,19)13-11(3)6-5-7-12(13)15;/h5-7,10,17H,8-9,16H2,1-4H3;1H. The minimum Gasteiger partial charge on any atom is -0.329 e. The van der Waals surface area contributed by atoms with Crippen molar-refractivity contribution in [2.75, 3.05) is 6.54 Å². The van der Waals surface area contributed by atoms with E-state index in [1.165, 1.54) is 6.07 Å². The maximum absolute atomic E-state index is 13.8. The van der Waals surface area contributed by atoms with Crippen LogP contribution >= 0.6 is 12.4 Å². The molecule has 0 aliphatic rings. The molecule has 0 heterocycles. The van der Waals surface area contributed by atoms with Crippen molar-refractivity contribution >= 4 is 22.4 Å². The number of rotatable bonds is 6. The molecule has 0 aliphatic heterocycles. The molecule has 1 aromatic rings. The predicted molar refractivity (Wildman–Crippen MR) is 85.6 cm³/mol. The molecule has 0 amide bonds. The van der Waals surface area contributed by atoms with E-state index in [9.17, 15) is 12.8 Å². The zero-order valence-electron chi connectivity index (χ0n) is 12.8. The van der Waals surface area contributed by atoms with Gasteiger partial charge in [0.2, 0.25) is 10.0 Å². The van der Waals surface area contributed by atoms with Gasteiger partial charge in [-0.1, -0.05) is 26.0 Å². The number of halogens is 2. The average Bonchev–Trinajstić information content (AvgIpc) is 2.26. The van der Waals surface area contributed by atoms with Crippen LogP contribution in [-0.4, -0.2) is 20.5 Å². The van der Waals surface area contributed by atoms with Crippen molar-refractivity contribution in [2.24, 2.45) is 11.7 Å². The van der Waals surface area contributed by atoms with Crippen molar-refractivity contribution in [1.82, 2.24) is 4.72 Å². The molecule has 1 rings (SSSR count). The van der Waals surface area contributed by atoms with Crippen LogP contribution in [0.3, 0.4) is 0 Å². The summed E-state index contributed by atoms with van der Waals surface area (Å²) >= 11 is 0. The van der Waals surface area contributed by atoms with Crippen molar-refractivity contribution in [3.63, 3.8) is 0 Å². The molecule has 0 aliphatic carbocycles. The third kappa shape index (κ3) is 5.21. The van der Waals surface area contributed by atoms with Gasteiger partial charge in [0, 0.05) is 12.1 Å². The second kappa shape index (κ2) is 7.54. The zero-order valence-corrected chi connectivity index (χ0v) is 14.4. The van der Waals surface area contributed by atoms with Gasteiger partial charge in [0.15, 0.2) is 0 Å². The summed E-state index contributed by atoms with van der Waals surface area (Å²) in [6, 6.07) is 4.20. The third-order valence-corrected chi connectivity index (χ3v) is 4.94. The summed E-state index contributed by atoms with van der Waals surface area (Å²) in [6.45, 7) is 7.42. The maximum atomic E-state index is 13.8. The van der Waals surface area contributed by atoms with Gasteiger partial charge in [0.1, 0.15) is 10.7 Å². The predicted octanol–water partition coefficient (Wildman–Crippen LogP) is 2.60. The maximum Gasteiger partial charge on any atom is 0.244 e. The monoisotopic (exact) mass is 338 g/mol. The van der Waals surface area contributed by atoms with Crippen molar-refractivity contribution < 1.29 is 12.8 Å². The number of nitrogens with one attached hydrogen (secondary N) is 1. The Balaban J connectivity index is 0.00000400. The molecule has 1 atom stereocenters. The topological polar surface area (TPSA) is 72.2 Å². The van der Waals surface area contributed by atoms with E-state index in [4.69, 9.17) is 5.73 Å². The van der Waals surface area contributed by atoms with E-state index in [0.29, 0.717) is 12.0 Å². The number of benzene rings is 1. The molecule has 0 saturated heterocycles. The Morgan fingerprint density at radius 3 is 2.38 bits per heavy atom. The van der Waals surface area contributed by atoms with E-state index in [1.54, 1.807) is 19.9 Å². The fourth-order valence-corrected chi connectivity index (χ4v) is 4.13. The van der Waals surface area contributed by atoms with Gasteiger partial charge in [-0.15, -0.1) is 12.4 Å². The van der Waals surface area contributed by atoms with Gasteiger partial charge in [-0.3, -0.25) is 0 Å². The van der Waals surface area contributed by atoms with Gasteiger partial charge >= 0.3 is 0 Å². The minimum absolute atomic E-state index is 0. The van der Waals surface area contributed by atoms with E-state index < -0.39 is 21.4 Å². The van der Waals surface area contributed by atoms with E-state index in [-0.39, 0.29) is 29.8 Å². The molecule has 0 aromatic heterocycles. The quantitative estimate of drug-likeness (QED) is 0.837. The SMILES string of the molecule is Cc1cccc(F)c1S(=O)(=O)NC(C)(CN)CC(C)C.Cl. The minimum atomic E-state index is -3.94. The first kappa shape index (κ1) is 20.3. The van der Waals surface area contributed by atoms with Crippen LogP contribution < -0.4 is 10.5 Å². The summed E-state index contributed by atoms with van der Waals surface area (Å²) in [4.78, 5) is -0.302. The Morgan fingerprint density at radius 2 is 1.95 bits per heavy atom. The number of sulfonamides is 1. The van der Waals surface area contributed by atoms with Crippen LogP contribution in [0.4, 0.5) is 4.39 Å². The van der Waals surface area contributed by atoms with Gasteiger partial charge in [0.05, 0.1) is 0 Å². The molecule has 3 N–H and O–H groups in total. The normalized spacial score (nSPS) is 14.6. The smallest absolute Gasteiger partial charge is 0.244 e. The molecule has 0 fully saturated rings. The highest BCUT2D eigenvalue weighted by Crippen LogP contribution is 2.23. The summed E-state index contributed by atoms with van der Waals surface area (Å²) in [5.74, 6) is -0.477. The number of aryl methyl sites for hydroxylation is 1. The lowest BCUT2D eigenvalue weighted by molar-refractivity contribution is 0.344. The number of hydrogen-bond donors (Lipinski definition) is 2. The fraction of sp³-hybridized carbons (Fsp3) is 0.571. The van der Waals surface area contributed by atoms with E-state index in [2.05, 4.69) is 4.72 Å². The molecule has 0 saturated carbocycles. The van der Waals surface area contributed by atoms with Gasteiger partial charge in [-0.05, 0) is 37.8 Å². The van der Waals surface area contributed by atoms with Crippen molar-refractivity contribution in [3.8, 4) is 0 Å². The highest BCUT2D eigenvalue weighted by Gasteiger charge is 2.32. The summed E-state index contributed by atoms with van der Waals surface area (Å²) in [5.41, 5.74) is 5.28. The average molecular weight is 339 g/mol. The van der Waals surface area contributed by atoms with Crippen LogP contribution in [0.5, 0.6) is 0 Å². The van der Waals surface area contributed by atoms with Crippen LogP contribution in [0, 0.1) is 18.7 Å². The van der Waals surface area contributed by atoms with Gasteiger partial charge in [0.25, 0.3) is 0 Å². The molecule has 21 heavy (non-hydrogen) atoms. The lowest BCUT2D eigenvalue weighted by atomic mass is 9.92. The molecule has 7 heteroatoms. The van der Waals surface area contributed by atoms with Crippen molar-refractivity contribution in [1.29, 1.82) is 0 Å². The summed E-state index contributed by atoms with van der Waals surface area (Å²) < 4.78 is 41.2. The first-order chi connectivity index (χ1) is 9.11. The van der Waals surface area contributed by atoms with Crippen LogP contribution in [0.15, 0.2) is 23.1 Å². The number of hydrogen-bond acceptors (Lipinski definition) is 3. The van der Waals surface area contributed by atoms with Gasteiger partial charge < -0.3 is 5.73 Å². The fourth-order valence-electron chi connectivity index (χ4n) is 2.40. The Kier molecular flexibility index (Phi) is 7.29. The highest BCUT2D eigenvalue weighted by atomic mass is 35.5. The molecular formula is C14H24ClFN2O2S. The Labute approximate surface area is 132 Å². The summed E-state index contributed by atoms with van der Waals surface area (Å²) in [7, 11) is -3.94. The summed E-state index contributed by atoms with van der Waals surface area (Å²) in [5, 5.41) is 0. The van der Waals surface area contributed by atoms with E-state index >= 15 is 0 Å². The van der Waals surface area contributed by atoms with Crippen LogP contribution in [-0.2, 0) is 10.0 Å². The first-order valence-electron chi connectivity index (χ1n) is 6.60. The molecule has 1 unspecified atom stereocenters. The van der Waals surface area contributed by atoms with Crippen molar-refractivity contribution in [2.45, 2.75) is 44.6 Å². The molecular weight excluding hydrogens is 315 g/mol. The Hall–Kier alpha value is -0.690. The van der Waals surface area contributed by atoms with Gasteiger partial charge in [-0.25, -0.2) is 17.5 Å². The highest BCUT2D eigenvalue weighted by molar-refractivity contribution is 7.89. The third-order valence-electron chi connectivity index (χ3n) is 3.12.